The van der Waals surface area contributed by atoms with Crippen LogP contribution in [0.1, 0.15) is 34.5 Å². The number of likely N-dealkylation sites (N-methyl/N-ethyl adjacent to an activating group) is 1. The quantitative estimate of drug-likeness (QED) is 0.652. The van der Waals surface area contributed by atoms with Gasteiger partial charge in [-0.25, -0.2) is 0 Å². The summed E-state index contributed by atoms with van der Waals surface area (Å²) in [6.45, 7) is 5.49. The minimum Gasteiger partial charge on any atom is -0.492 e. The third-order valence-electron chi connectivity index (χ3n) is 5.20. The van der Waals surface area contributed by atoms with Crippen LogP contribution in [0.3, 0.4) is 0 Å². The van der Waals surface area contributed by atoms with Gasteiger partial charge in [-0.1, -0.05) is 12.1 Å². The Hall–Kier alpha value is -2.16. The number of hydrogen-bond acceptors (Lipinski definition) is 7. The van der Waals surface area contributed by atoms with Crippen molar-refractivity contribution >= 4 is 22.4 Å². The summed E-state index contributed by atoms with van der Waals surface area (Å²) < 4.78 is 15.6. The van der Waals surface area contributed by atoms with Crippen LogP contribution in [0.5, 0.6) is 5.75 Å². The fourth-order valence-electron chi connectivity index (χ4n) is 3.44. The zero-order valence-electron chi connectivity index (χ0n) is 17.4. The molecule has 8 heteroatoms. The molecule has 1 saturated heterocycles. The van der Waals surface area contributed by atoms with Crippen molar-refractivity contribution in [3.63, 3.8) is 0 Å². The van der Waals surface area contributed by atoms with E-state index in [-0.39, 0.29) is 5.91 Å². The highest BCUT2D eigenvalue weighted by Gasteiger charge is 2.18. The number of aryl methyl sites for hydroxylation is 1. The molecule has 0 spiro atoms. The zero-order chi connectivity index (χ0) is 20.6. The molecule has 1 amide bonds. The highest BCUT2D eigenvalue weighted by atomic mass is 32.1. The van der Waals surface area contributed by atoms with Gasteiger partial charge in [-0.3, -0.25) is 9.69 Å². The van der Waals surface area contributed by atoms with E-state index in [1.165, 1.54) is 11.5 Å². The van der Waals surface area contributed by atoms with Gasteiger partial charge in [0.15, 0.2) is 0 Å². The molecular weight excluding hydrogens is 388 g/mol. The highest BCUT2D eigenvalue weighted by molar-refractivity contribution is 7.10. The van der Waals surface area contributed by atoms with Crippen LogP contribution in [-0.2, 0) is 11.3 Å². The van der Waals surface area contributed by atoms with Crippen molar-refractivity contribution in [3.05, 3.63) is 41.1 Å². The Morgan fingerprint density at radius 1 is 1.38 bits per heavy atom. The van der Waals surface area contributed by atoms with Crippen LogP contribution in [0.15, 0.2) is 24.3 Å². The minimum atomic E-state index is -0.120. The van der Waals surface area contributed by atoms with Crippen LogP contribution >= 0.6 is 11.5 Å². The monoisotopic (exact) mass is 418 g/mol. The molecule has 0 bridgehead atoms. The van der Waals surface area contributed by atoms with Gasteiger partial charge in [0.1, 0.15) is 17.4 Å². The van der Waals surface area contributed by atoms with Gasteiger partial charge in [0, 0.05) is 39.4 Å². The second-order valence-electron chi connectivity index (χ2n) is 7.22. The summed E-state index contributed by atoms with van der Waals surface area (Å²) in [5, 5.41) is 6.78. The summed E-state index contributed by atoms with van der Waals surface area (Å²) in [6.07, 6.45) is 2.17. The Bertz CT molecular complexity index is 805. The normalized spacial score (nSPS) is 14.8. The Morgan fingerprint density at radius 2 is 2.17 bits per heavy atom. The standard InChI is InChI=1S/C21H30N4O3S/c1-15-19(21(22-2)29-24-15)20(26)23-14-16-5-4-6-18(13-16)28-12-9-25(3)17-7-10-27-11-8-17/h4-6,13,17,22H,7-12,14H2,1-3H3,(H,23,26). The van der Waals surface area contributed by atoms with E-state index >= 15 is 0 Å². The number of ether oxygens (including phenoxy) is 2. The maximum absolute atomic E-state index is 12.5. The fraction of sp³-hybridized carbons (Fsp3) is 0.524. The lowest BCUT2D eigenvalue weighted by molar-refractivity contribution is 0.0392. The number of nitrogens with zero attached hydrogens (tertiary/aromatic N) is 2. The summed E-state index contributed by atoms with van der Waals surface area (Å²) >= 11 is 1.30. The molecule has 1 aromatic heterocycles. The lowest BCUT2D eigenvalue weighted by atomic mass is 10.1. The van der Waals surface area contributed by atoms with Crippen LogP contribution in [0.4, 0.5) is 5.00 Å². The first-order chi connectivity index (χ1) is 14.1. The van der Waals surface area contributed by atoms with E-state index in [1.807, 2.05) is 31.2 Å². The number of nitrogens with one attached hydrogen (secondary N) is 2. The zero-order valence-corrected chi connectivity index (χ0v) is 18.2. The van der Waals surface area contributed by atoms with Gasteiger partial charge >= 0.3 is 0 Å². The summed E-state index contributed by atoms with van der Waals surface area (Å²) in [5.41, 5.74) is 2.35. The maximum atomic E-state index is 12.5. The smallest absolute Gasteiger partial charge is 0.256 e. The fourth-order valence-corrected chi connectivity index (χ4v) is 4.18. The van der Waals surface area contributed by atoms with Gasteiger partial charge in [-0.2, -0.15) is 4.37 Å². The average Bonchev–Trinajstić information content (AvgIpc) is 3.13. The van der Waals surface area contributed by atoms with Crippen molar-refractivity contribution in [1.82, 2.24) is 14.6 Å². The van der Waals surface area contributed by atoms with E-state index in [4.69, 9.17) is 9.47 Å². The molecule has 3 rings (SSSR count). The Balaban J connectivity index is 1.47. The van der Waals surface area contributed by atoms with Gasteiger partial charge in [0.05, 0.1) is 11.3 Å². The number of benzene rings is 1. The molecule has 0 atom stereocenters. The van der Waals surface area contributed by atoms with Crippen LogP contribution in [-0.4, -0.2) is 61.7 Å². The molecule has 1 fully saturated rings. The van der Waals surface area contributed by atoms with Crippen molar-refractivity contribution in [2.45, 2.75) is 32.4 Å². The third kappa shape index (κ3) is 5.91. The first-order valence-electron chi connectivity index (χ1n) is 10.0. The first kappa shape index (κ1) is 21.5. The number of amides is 1. The molecule has 2 heterocycles. The molecule has 2 aromatic rings. The van der Waals surface area contributed by atoms with Gasteiger partial charge < -0.3 is 20.1 Å². The van der Waals surface area contributed by atoms with Gasteiger partial charge in [-0.15, -0.1) is 0 Å². The molecule has 1 aromatic carbocycles. The van der Waals surface area contributed by atoms with Crippen LogP contribution in [0.2, 0.25) is 0 Å². The molecule has 29 heavy (non-hydrogen) atoms. The SMILES string of the molecule is CNc1snc(C)c1C(=O)NCc1cccc(OCCN(C)C2CCOCC2)c1. The van der Waals surface area contributed by atoms with E-state index in [0.717, 1.165) is 54.6 Å². The minimum absolute atomic E-state index is 0.120. The first-order valence-corrected chi connectivity index (χ1v) is 10.8. The molecule has 0 radical (unpaired) electrons. The number of hydrogen-bond donors (Lipinski definition) is 2. The second kappa shape index (κ2) is 10.6. The molecule has 0 aliphatic carbocycles. The van der Waals surface area contributed by atoms with E-state index in [2.05, 4.69) is 27.0 Å². The molecule has 0 unspecified atom stereocenters. The third-order valence-corrected chi connectivity index (χ3v) is 6.15. The Labute approximate surface area is 176 Å². The number of anilines is 1. The predicted octanol–water partition coefficient (Wildman–Crippen LogP) is 2.91. The van der Waals surface area contributed by atoms with Crippen LogP contribution < -0.4 is 15.4 Å². The average molecular weight is 419 g/mol. The topological polar surface area (TPSA) is 75.7 Å². The Kier molecular flexibility index (Phi) is 7.85. The van der Waals surface area contributed by atoms with E-state index in [0.29, 0.717) is 24.8 Å². The molecule has 1 aliphatic rings. The highest BCUT2D eigenvalue weighted by Crippen LogP contribution is 2.24. The van der Waals surface area contributed by atoms with Crippen molar-refractivity contribution < 1.29 is 14.3 Å². The van der Waals surface area contributed by atoms with Crippen molar-refractivity contribution in [2.24, 2.45) is 0 Å². The van der Waals surface area contributed by atoms with Gasteiger partial charge in [0.25, 0.3) is 5.91 Å². The number of carbonyl (C=O) groups is 1. The van der Waals surface area contributed by atoms with Crippen LogP contribution in [0.25, 0.3) is 0 Å². The largest absolute Gasteiger partial charge is 0.492 e. The molecule has 1 aliphatic heterocycles. The van der Waals surface area contributed by atoms with Crippen LogP contribution in [0, 0.1) is 6.92 Å². The summed E-state index contributed by atoms with van der Waals surface area (Å²) in [6, 6.07) is 8.44. The molecular formula is C21H30N4O3S. The second-order valence-corrected chi connectivity index (χ2v) is 8.00. The lowest BCUT2D eigenvalue weighted by Gasteiger charge is -2.31. The van der Waals surface area contributed by atoms with Crippen molar-refractivity contribution in [2.75, 3.05) is 45.8 Å². The number of rotatable bonds is 9. The molecule has 2 N–H and O–H groups in total. The van der Waals surface area contributed by atoms with Crippen molar-refractivity contribution in [1.29, 1.82) is 0 Å². The maximum Gasteiger partial charge on any atom is 0.256 e. The molecule has 7 nitrogen and oxygen atoms in total. The van der Waals surface area contributed by atoms with E-state index in [1.54, 1.807) is 7.05 Å². The molecule has 0 saturated carbocycles. The van der Waals surface area contributed by atoms with Crippen molar-refractivity contribution in [3.8, 4) is 5.75 Å². The number of aromatic nitrogens is 1. The van der Waals surface area contributed by atoms with E-state index < -0.39 is 0 Å². The lowest BCUT2D eigenvalue weighted by Crippen LogP contribution is -2.38. The Morgan fingerprint density at radius 3 is 2.93 bits per heavy atom. The van der Waals surface area contributed by atoms with Gasteiger partial charge in [0.2, 0.25) is 0 Å². The summed E-state index contributed by atoms with van der Waals surface area (Å²) in [7, 11) is 3.94. The summed E-state index contributed by atoms with van der Waals surface area (Å²) in [4.78, 5) is 14.9. The predicted molar refractivity (Wildman–Crippen MR) is 116 cm³/mol. The van der Waals surface area contributed by atoms with Gasteiger partial charge in [-0.05, 0) is 56.0 Å². The number of carbonyl (C=O) groups excluding carboxylic acids is 1. The molecule has 158 valence electrons. The van der Waals surface area contributed by atoms with E-state index in [9.17, 15) is 4.79 Å². The summed E-state index contributed by atoms with van der Waals surface area (Å²) in [5.74, 6) is 0.700.